The molecule has 7 nitrogen and oxygen atoms in total. The number of aromatic carboxylic acids is 1. The van der Waals surface area contributed by atoms with Gasteiger partial charge in [0.05, 0.1) is 23.1 Å². The molecule has 5 rings (SSSR count). The van der Waals surface area contributed by atoms with Gasteiger partial charge >= 0.3 is 5.97 Å². The van der Waals surface area contributed by atoms with E-state index in [1.54, 1.807) is 24.3 Å². The molecule has 2 aromatic rings. The van der Waals surface area contributed by atoms with Gasteiger partial charge in [-0.25, -0.2) is 4.79 Å². The summed E-state index contributed by atoms with van der Waals surface area (Å²) in [5.41, 5.74) is 2.86. The van der Waals surface area contributed by atoms with Crippen molar-refractivity contribution in [3.63, 3.8) is 0 Å². The van der Waals surface area contributed by atoms with Crippen LogP contribution in [-0.4, -0.2) is 45.7 Å². The Hall–Kier alpha value is -3.52. The van der Waals surface area contributed by atoms with Gasteiger partial charge < -0.3 is 14.6 Å². The van der Waals surface area contributed by atoms with Crippen LogP contribution < -0.4 is 9.47 Å². The molecular formula is C35H42N2O5S. The number of hydrogen-bond donors (Lipinski definition) is 1. The molecule has 1 saturated heterocycles. The lowest BCUT2D eigenvalue weighted by Gasteiger charge is -2.31. The summed E-state index contributed by atoms with van der Waals surface area (Å²) < 4.78 is 12.3. The lowest BCUT2D eigenvalue weighted by Crippen LogP contribution is -2.41. The van der Waals surface area contributed by atoms with Crippen molar-refractivity contribution in [1.29, 1.82) is 0 Å². The van der Waals surface area contributed by atoms with Crippen molar-refractivity contribution in [2.45, 2.75) is 96.2 Å². The molecule has 8 heteroatoms. The Labute approximate surface area is 259 Å². The number of amides is 1. The smallest absolute Gasteiger partial charge is 0.335 e. The maximum atomic E-state index is 13.9. The molecule has 3 aliphatic rings. The van der Waals surface area contributed by atoms with Gasteiger partial charge in [0.15, 0.2) is 16.7 Å². The number of nitrogens with zero attached hydrogens (tertiary/aromatic N) is 2. The van der Waals surface area contributed by atoms with Crippen molar-refractivity contribution >= 4 is 34.9 Å². The average molecular weight is 603 g/mol. The van der Waals surface area contributed by atoms with Crippen molar-refractivity contribution in [1.82, 2.24) is 4.90 Å². The van der Waals surface area contributed by atoms with Crippen molar-refractivity contribution in [2.75, 3.05) is 6.61 Å². The van der Waals surface area contributed by atoms with E-state index in [1.165, 1.54) is 37.4 Å². The SMILES string of the molecule is C=CCc1cc(C=C2SC(=NC3CCCCC3)N(C3CCCCC3)C2=O)cc(OCC)c1OCc1ccc(C(=O)O)cc1. The van der Waals surface area contributed by atoms with Crippen LogP contribution in [-0.2, 0) is 17.8 Å². The van der Waals surface area contributed by atoms with Gasteiger partial charge in [-0.1, -0.05) is 56.7 Å². The van der Waals surface area contributed by atoms with E-state index >= 15 is 0 Å². The summed E-state index contributed by atoms with van der Waals surface area (Å²) in [7, 11) is 0. The minimum atomic E-state index is -0.961. The number of allylic oxidation sites excluding steroid dienone is 1. The first-order valence-corrected chi connectivity index (χ1v) is 16.4. The van der Waals surface area contributed by atoms with Crippen molar-refractivity contribution in [2.24, 2.45) is 4.99 Å². The molecule has 1 amide bonds. The molecule has 3 fully saturated rings. The Kier molecular flexibility index (Phi) is 10.6. The van der Waals surface area contributed by atoms with Crippen LogP contribution >= 0.6 is 11.8 Å². The molecule has 0 bridgehead atoms. The number of rotatable bonds is 11. The molecule has 43 heavy (non-hydrogen) atoms. The summed E-state index contributed by atoms with van der Waals surface area (Å²) >= 11 is 1.52. The molecule has 2 aliphatic carbocycles. The second-order valence-electron chi connectivity index (χ2n) is 11.5. The van der Waals surface area contributed by atoms with E-state index in [-0.39, 0.29) is 24.1 Å². The number of aliphatic imine (C=N–C) groups is 1. The van der Waals surface area contributed by atoms with E-state index in [2.05, 4.69) is 6.58 Å². The lowest BCUT2D eigenvalue weighted by atomic mass is 9.94. The predicted octanol–water partition coefficient (Wildman–Crippen LogP) is 8.03. The van der Waals surface area contributed by atoms with Crippen LogP contribution in [0.2, 0.25) is 0 Å². The van der Waals surface area contributed by atoms with E-state index in [9.17, 15) is 14.7 Å². The van der Waals surface area contributed by atoms with Crippen LogP contribution in [0, 0.1) is 0 Å². The first kappa shape index (κ1) is 30.9. The summed E-state index contributed by atoms with van der Waals surface area (Å²) in [5.74, 6) is 0.323. The largest absolute Gasteiger partial charge is 0.490 e. The Bertz CT molecular complexity index is 1370. The van der Waals surface area contributed by atoms with Crippen molar-refractivity contribution < 1.29 is 24.2 Å². The number of ether oxygens (including phenoxy) is 2. The van der Waals surface area contributed by atoms with Gasteiger partial charge in [0, 0.05) is 11.6 Å². The molecule has 0 spiro atoms. The molecule has 0 unspecified atom stereocenters. The summed E-state index contributed by atoms with van der Waals surface area (Å²) in [6.07, 6.45) is 15.9. The van der Waals surface area contributed by atoms with Gasteiger partial charge in [-0.05, 0) is 92.3 Å². The molecule has 1 heterocycles. The zero-order valence-corrected chi connectivity index (χ0v) is 25.9. The van der Waals surface area contributed by atoms with Crippen molar-refractivity contribution in [3.8, 4) is 11.5 Å². The molecule has 0 atom stereocenters. The zero-order chi connectivity index (χ0) is 30.2. The fourth-order valence-corrected chi connectivity index (χ4v) is 7.26. The number of hydrogen-bond acceptors (Lipinski definition) is 6. The van der Waals surface area contributed by atoms with Crippen LogP contribution in [0.1, 0.15) is 98.2 Å². The number of benzene rings is 2. The Balaban J connectivity index is 1.44. The minimum absolute atomic E-state index is 0.0554. The van der Waals surface area contributed by atoms with Crippen molar-refractivity contribution in [3.05, 3.63) is 76.2 Å². The third-order valence-electron chi connectivity index (χ3n) is 8.34. The van der Waals surface area contributed by atoms with Gasteiger partial charge in [0.2, 0.25) is 0 Å². The van der Waals surface area contributed by atoms with Gasteiger partial charge in [0.25, 0.3) is 5.91 Å². The maximum absolute atomic E-state index is 13.9. The number of carbonyl (C=O) groups excluding carboxylic acids is 1. The van der Waals surface area contributed by atoms with E-state index in [0.29, 0.717) is 35.5 Å². The van der Waals surface area contributed by atoms with E-state index < -0.39 is 5.97 Å². The fourth-order valence-electron chi connectivity index (χ4n) is 6.16. The van der Waals surface area contributed by atoms with E-state index in [0.717, 1.165) is 60.4 Å². The number of carboxylic acids is 1. The fraction of sp³-hybridized carbons (Fsp3) is 0.457. The highest BCUT2D eigenvalue weighted by Crippen LogP contribution is 2.40. The third kappa shape index (κ3) is 7.71. The predicted molar refractivity (Wildman–Crippen MR) is 173 cm³/mol. The topological polar surface area (TPSA) is 88.4 Å². The van der Waals surface area contributed by atoms with Crippen LogP contribution in [0.5, 0.6) is 11.5 Å². The van der Waals surface area contributed by atoms with Crippen LogP contribution in [0.3, 0.4) is 0 Å². The normalized spacial score (nSPS) is 20.1. The minimum Gasteiger partial charge on any atom is -0.490 e. The number of amidine groups is 1. The van der Waals surface area contributed by atoms with E-state index in [1.807, 2.05) is 36.1 Å². The zero-order valence-electron chi connectivity index (χ0n) is 25.1. The Morgan fingerprint density at radius 3 is 2.40 bits per heavy atom. The molecule has 1 aliphatic heterocycles. The summed E-state index contributed by atoms with van der Waals surface area (Å²) in [6, 6.07) is 11.1. The molecule has 2 aromatic carbocycles. The summed E-state index contributed by atoms with van der Waals surface area (Å²) in [5, 5.41) is 10.1. The highest BCUT2D eigenvalue weighted by Gasteiger charge is 2.39. The van der Waals surface area contributed by atoms with Gasteiger partial charge in [-0.15, -0.1) is 6.58 Å². The highest BCUT2D eigenvalue weighted by molar-refractivity contribution is 8.18. The van der Waals surface area contributed by atoms with Gasteiger partial charge in [-0.3, -0.25) is 14.7 Å². The number of carbonyl (C=O) groups is 2. The first-order chi connectivity index (χ1) is 21.0. The molecule has 228 valence electrons. The summed E-state index contributed by atoms with van der Waals surface area (Å²) in [6.45, 7) is 6.59. The molecule has 1 N–H and O–H groups in total. The summed E-state index contributed by atoms with van der Waals surface area (Å²) in [4.78, 5) is 33.0. The third-order valence-corrected chi connectivity index (χ3v) is 9.34. The van der Waals surface area contributed by atoms with Crippen LogP contribution in [0.4, 0.5) is 0 Å². The van der Waals surface area contributed by atoms with Crippen LogP contribution in [0.25, 0.3) is 6.08 Å². The molecule has 0 aromatic heterocycles. The molecule has 2 saturated carbocycles. The first-order valence-electron chi connectivity index (χ1n) is 15.6. The van der Waals surface area contributed by atoms with E-state index in [4.69, 9.17) is 14.5 Å². The Morgan fingerprint density at radius 1 is 1.05 bits per heavy atom. The highest BCUT2D eigenvalue weighted by atomic mass is 32.2. The maximum Gasteiger partial charge on any atom is 0.335 e. The lowest BCUT2D eigenvalue weighted by molar-refractivity contribution is -0.124. The standard InChI is InChI=1S/C35H42N2O5S/c1-3-11-27-20-25(21-30(41-4-2)32(27)42-23-24-16-18-26(19-17-24)34(39)40)22-31-33(38)37(29-14-9-6-10-15-29)35(43-31)36-28-12-7-5-8-13-28/h3,16-22,28-29H,1,4-15,23H2,2H3,(H,39,40). The van der Waals surface area contributed by atoms with Gasteiger partial charge in [-0.2, -0.15) is 0 Å². The number of thioether (sulfide) groups is 1. The number of carboxylic acid groups (broad SMARTS) is 1. The van der Waals surface area contributed by atoms with Gasteiger partial charge in [0.1, 0.15) is 6.61 Å². The molecule has 0 radical (unpaired) electrons. The molecular weight excluding hydrogens is 560 g/mol. The quantitative estimate of drug-likeness (QED) is 0.207. The second kappa shape index (κ2) is 14.8. The monoisotopic (exact) mass is 602 g/mol. The average Bonchev–Trinajstić information content (AvgIpc) is 3.31. The Morgan fingerprint density at radius 2 is 1.74 bits per heavy atom. The van der Waals surface area contributed by atoms with Crippen LogP contribution in [0.15, 0.2) is 59.0 Å². The second-order valence-corrected chi connectivity index (χ2v) is 12.5.